The first-order valence-corrected chi connectivity index (χ1v) is 10.3. The van der Waals surface area contributed by atoms with Crippen molar-refractivity contribution in [2.75, 3.05) is 31.1 Å². The standard InChI is InChI=1S/C18H26N2O3S/c1-3-12(4-2)20-11-18-6-5-13(23-18)14(15(18)17(20)22)16(21)19-7-9-24-10-8-19/h5-6,12-15H,3-4,7-11H2,1-2H3/t13-,14+,15+,18-/m0/s1. The normalized spacial score (nSPS) is 37.6. The van der Waals surface area contributed by atoms with Crippen molar-refractivity contribution >= 4 is 23.6 Å². The predicted molar refractivity (Wildman–Crippen MR) is 93.7 cm³/mol. The first-order chi connectivity index (χ1) is 11.6. The minimum absolute atomic E-state index is 0.122. The maximum atomic E-state index is 13.2. The van der Waals surface area contributed by atoms with Crippen molar-refractivity contribution in [3.8, 4) is 0 Å². The Bertz CT molecular complexity index is 571. The molecule has 3 saturated heterocycles. The van der Waals surface area contributed by atoms with Crippen LogP contribution in [0.15, 0.2) is 12.2 Å². The number of likely N-dealkylation sites (tertiary alicyclic amines) is 1. The Morgan fingerprint density at radius 3 is 2.75 bits per heavy atom. The molecule has 0 aromatic carbocycles. The van der Waals surface area contributed by atoms with Crippen molar-refractivity contribution in [3.05, 3.63) is 12.2 Å². The van der Waals surface area contributed by atoms with Crippen LogP contribution in [0.25, 0.3) is 0 Å². The van der Waals surface area contributed by atoms with E-state index in [2.05, 4.69) is 19.9 Å². The molecular formula is C18H26N2O3S. The van der Waals surface area contributed by atoms with E-state index < -0.39 is 5.60 Å². The van der Waals surface area contributed by atoms with E-state index in [0.29, 0.717) is 6.54 Å². The fraction of sp³-hybridized carbons (Fsp3) is 0.778. The molecule has 4 rings (SSSR count). The van der Waals surface area contributed by atoms with Crippen LogP contribution >= 0.6 is 11.8 Å². The molecule has 2 bridgehead atoms. The van der Waals surface area contributed by atoms with E-state index in [0.717, 1.165) is 37.4 Å². The molecular weight excluding hydrogens is 324 g/mol. The lowest BCUT2D eigenvalue weighted by molar-refractivity contribution is -0.143. The Morgan fingerprint density at radius 1 is 1.38 bits per heavy atom. The molecule has 0 aliphatic carbocycles. The van der Waals surface area contributed by atoms with Crippen LogP contribution in [0.4, 0.5) is 0 Å². The van der Waals surface area contributed by atoms with Gasteiger partial charge in [0.2, 0.25) is 11.8 Å². The lowest BCUT2D eigenvalue weighted by atomic mass is 9.76. The van der Waals surface area contributed by atoms with Gasteiger partial charge in [0, 0.05) is 30.6 Å². The van der Waals surface area contributed by atoms with Gasteiger partial charge in [-0.05, 0) is 12.8 Å². The molecule has 0 unspecified atom stereocenters. The average Bonchev–Trinajstić information content (AvgIpc) is 3.25. The Morgan fingerprint density at radius 2 is 2.08 bits per heavy atom. The Labute approximate surface area is 147 Å². The van der Waals surface area contributed by atoms with Gasteiger partial charge in [0.15, 0.2) is 0 Å². The number of carbonyl (C=O) groups is 2. The molecule has 4 atom stereocenters. The molecule has 3 fully saturated rings. The number of rotatable bonds is 4. The molecule has 5 nitrogen and oxygen atoms in total. The van der Waals surface area contributed by atoms with Gasteiger partial charge in [0.05, 0.1) is 24.5 Å². The van der Waals surface area contributed by atoms with Crippen LogP contribution in [0.2, 0.25) is 0 Å². The smallest absolute Gasteiger partial charge is 0.230 e. The monoisotopic (exact) mass is 350 g/mol. The van der Waals surface area contributed by atoms with Gasteiger partial charge in [0.25, 0.3) is 0 Å². The number of thioether (sulfide) groups is 1. The third-order valence-electron chi connectivity index (χ3n) is 6.12. The number of hydrogen-bond donors (Lipinski definition) is 0. The summed E-state index contributed by atoms with van der Waals surface area (Å²) in [6.45, 7) is 6.43. The van der Waals surface area contributed by atoms with Gasteiger partial charge in [-0.3, -0.25) is 9.59 Å². The number of ether oxygens (including phenoxy) is 1. The van der Waals surface area contributed by atoms with Crippen molar-refractivity contribution in [2.45, 2.75) is 44.4 Å². The lowest BCUT2D eigenvalue weighted by Gasteiger charge is -2.32. The van der Waals surface area contributed by atoms with Crippen LogP contribution in [0.1, 0.15) is 26.7 Å². The summed E-state index contributed by atoms with van der Waals surface area (Å²) in [7, 11) is 0. The second kappa shape index (κ2) is 6.06. The molecule has 0 N–H and O–H groups in total. The molecule has 1 spiro atoms. The molecule has 0 radical (unpaired) electrons. The van der Waals surface area contributed by atoms with Gasteiger partial charge < -0.3 is 14.5 Å². The molecule has 0 saturated carbocycles. The fourth-order valence-electron chi connectivity index (χ4n) is 4.84. The number of carbonyl (C=O) groups excluding carboxylic acids is 2. The van der Waals surface area contributed by atoms with E-state index in [4.69, 9.17) is 4.74 Å². The maximum absolute atomic E-state index is 13.2. The summed E-state index contributed by atoms with van der Waals surface area (Å²) in [5.74, 6) is 1.57. The summed E-state index contributed by atoms with van der Waals surface area (Å²) >= 11 is 1.89. The van der Waals surface area contributed by atoms with Crippen molar-refractivity contribution < 1.29 is 14.3 Å². The van der Waals surface area contributed by atoms with Gasteiger partial charge >= 0.3 is 0 Å². The summed E-state index contributed by atoms with van der Waals surface area (Å²) in [5, 5.41) is 0. The molecule has 2 amide bonds. The predicted octanol–water partition coefficient (Wildman–Crippen LogP) is 1.53. The first-order valence-electron chi connectivity index (χ1n) is 9.15. The van der Waals surface area contributed by atoms with Crippen LogP contribution in [-0.4, -0.2) is 70.5 Å². The van der Waals surface area contributed by atoms with E-state index >= 15 is 0 Å². The molecule has 24 heavy (non-hydrogen) atoms. The lowest BCUT2D eigenvalue weighted by Crippen LogP contribution is -2.48. The quantitative estimate of drug-likeness (QED) is 0.722. The molecule has 4 aliphatic rings. The minimum atomic E-state index is -0.560. The van der Waals surface area contributed by atoms with Crippen LogP contribution in [0.3, 0.4) is 0 Å². The SMILES string of the molecule is CCC(CC)N1C[C@]23C=C[C@H](O2)[C@@H](C(=O)N2CCSCC2)[C@@H]3C1=O. The molecule has 132 valence electrons. The Hall–Kier alpha value is -1.01. The number of fused-ring (bicyclic) bond motifs is 1. The molecule has 6 heteroatoms. The van der Waals surface area contributed by atoms with Crippen LogP contribution < -0.4 is 0 Å². The summed E-state index contributed by atoms with van der Waals surface area (Å²) in [4.78, 5) is 30.2. The van der Waals surface area contributed by atoms with Crippen LogP contribution in [0, 0.1) is 11.8 Å². The van der Waals surface area contributed by atoms with Gasteiger partial charge in [-0.25, -0.2) is 0 Å². The number of amides is 2. The van der Waals surface area contributed by atoms with E-state index in [1.807, 2.05) is 27.6 Å². The second-order valence-electron chi connectivity index (χ2n) is 7.27. The second-order valence-corrected chi connectivity index (χ2v) is 8.50. The van der Waals surface area contributed by atoms with Crippen molar-refractivity contribution in [3.63, 3.8) is 0 Å². The zero-order valence-electron chi connectivity index (χ0n) is 14.4. The average molecular weight is 350 g/mol. The summed E-state index contributed by atoms with van der Waals surface area (Å²) in [5.41, 5.74) is -0.560. The van der Waals surface area contributed by atoms with Crippen LogP contribution in [-0.2, 0) is 14.3 Å². The van der Waals surface area contributed by atoms with Crippen molar-refractivity contribution in [2.24, 2.45) is 11.8 Å². The van der Waals surface area contributed by atoms with Crippen LogP contribution in [0.5, 0.6) is 0 Å². The Kier molecular flexibility index (Phi) is 4.15. The van der Waals surface area contributed by atoms with Crippen molar-refractivity contribution in [1.29, 1.82) is 0 Å². The van der Waals surface area contributed by atoms with E-state index in [1.165, 1.54) is 0 Å². The topological polar surface area (TPSA) is 49.9 Å². The Balaban J connectivity index is 1.61. The highest BCUT2D eigenvalue weighted by Gasteiger charge is 2.67. The van der Waals surface area contributed by atoms with E-state index in [9.17, 15) is 9.59 Å². The number of nitrogens with zero attached hydrogens (tertiary/aromatic N) is 2. The zero-order valence-corrected chi connectivity index (χ0v) is 15.3. The highest BCUT2D eigenvalue weighted by atomic mass is 32.2. The third kappa shape index (κ3) is 2.25. The molecule has 0 aromatic heterocycles. The minimum Gasteiger partial charge on any atom is -0.360 e. The fourth-order valence-corrected chi connectivity index (χ4v) is 5.75. The van der Waals surface area contributed by atoms with E-state index in [1.54, 1.807) is 0 Å². The molecule has 4 heterocycles. The van der Waals surface area contributed by atoms with Crippen molar-refractivity contribution in [1.82, 2.24) is 9.80 Å². The van der Waals surface area contributed by atoms with E-state index in [-0.39, 0.29) is 35.8 Å². The van der Waals surface area contributed by atoms with Gasteiger partial charge in [-0.1, -0.05) is 26.0 Å². The van der Waals surface area contributed by atoms with Gasteiger partial charge in [-0.2, -0.15) is 11.8 Å². The van der Waals surface area contributed by atoms with Gasteiger partial charge in [0.1, 0.15) is 5.60 Å². The largest absolute Gasteiger partial charge is 0.360 e. The molecule has 4 aliphatic heterocycles. The van der Waals surface area contributed by atoms with Gasteiger partial charge in [-0.15, -0.1) is 0 Å². The highest BCUT2D eigenvalue weighted by molar-refractivity contribution is 7.99. The maximum Gasteiger partial charge on any atom is 0.230 e. The first kappa shape index (κ1) is 16.5. The highest BCUT2D eigenvalue weighted by Crippen LogP contribution is 2.53. The summed E-state index contributed by atoms with van der Waals surface area (Å²) < 4.78 is 6.22. The zero-order chi connectivity index (χ0) is 16.9. The molecule has 0 aromatic rings. The number of hydrogen-bond acceptors (Lipinski definition) is 4. The summed E-state index contributed by atoms with van der Waals surface area (Å²) in [6.07, 6.45) is 5.74. The summed E-state index contributed by atoms with van der Waals surface area (Å²) in [6, 6.07) is 0.246. The third-order valence-corrected chi connectivity index (χ3v) is 7.06.